The first-order valence-corrected chi connectivity index (χ1v) is 8.56. The Hall–Kier alpha value is -2.76. The molecule has 1 amide bonds. The van der Waals surface area contributed by atoms with E-state index in [9.17, 15) is 13.6 Å². The predicted molar refractivity (Wildman–Crippen MR) is 94.5 cm³/mol. The van der Waals surface area contributed by atoms with E-state index < -0.39 is 11.6 Å². The van der Waals surface area contributed by atoms with Crippen molar-refractivity contribution in [3.8, 4) is 0 Å². The van der Waals surface area contributed by atoms with Gasteiger partial charge in [0, 0.05) is 31.0 Å². The van der Waals surface area contributed by atoms with Crippen LogP contribution in [-0.2, 0) is 16.2 Å². The number of hydrogen-bond acceptors (Lipinski definition) is 3. The Balaban J connectivity index is 1.67. The van der Waals surface area contributed by atoms with Crippen LogP contribution in [0.25, 0.3) is 0 Å². The van der Waals surface area contributed by atoms with Crippen LogP contribution >= 0.6 is 0 Å². The lowest BCUT2D eigenvalue weighted by Gasteiger charge is -2.24. The second-order valence-corrected chi connectivity index (χ2v) is 6.20. The molecule has 3 rings (SSSR count). The summed E-state index contributed by atoms with van der Waals surface area (Å²) in [6.45, 7) is 2.11. The standard InChI is InChI=1S/C20H20F2N2O2/c1-2-20(25)24(12-15-8-9-16(21)10-18(15)22)13-17-11-19(23-26-17)14-6-4-3-5-7-14/h3-10,17H,2,11-13H2,1H3/t17-/m1/s1. The van der Waals surface area contributed by atoms with Crippen molar-refractivity contribution >= 4 is 11.6 Å². The maximum atomic E-state index is 13.9. The highest BCUT2D eigenvalue weighted by Crippen LogP contribution is 2.20. The lowest BCUT2D eigenvalue weighted by Crippen LogP contribution is -2.37. The fourth-order valence-corrected chi connectivity index (χ4v) is 2.91. The molecule has 2 aromatic rings. The smallest absolute Gasteiger partial charge is 0.222 e. The molecule has 0 spiro atoms. The molecule has 1 aliphatic heterocycles. The first kappa shape index (κ1) is 18.0. The molecule has 0 saturated heterocycles. The van der Waals surface area contributed by atoms with Crippen molar-refractivity contribution in [3.63, 3.8) is 0 Å². The average Bonchev–Trinajstić information content (AvgIpc) is 3.12. The van der Waals surface area contributed by atoms with Crippen LogP contribution in [0.15, 0.2) is 53.7 Å². The van der Waals surface area contributed by atoms with Gasteiger partial charge in [0.05, 0.1) is 12.3 Å². The molecule has 6 heteroatoms. The molecule has 1 heterocycles. The predicted octanol–water partition coefficient (Wildman–Crippen LogP) is 3.90. The van der Waals surface area contributed by atoms with E-state index in [0.29, 0.717) is 19.4 Å². The summed E-state index contributed by atoms with van der Waals surface area (Å²) in [6.07, 6.45) is 0.579. The van der Waals surface area contributed by atoms with E-state index >= 15 is 0 Å². The third kappa shape index (κ3) is 4.25. The van der Waals surface area contributed by atoms with Gasteiger partial charge < -0.3 is 9.74 Å². The molecule has 1 atom stereocenters. The number of hydrogen-bond donors (Lipinski definition) is 0. The molecule has 2 aromatic carbocycles. The molecule has 0 N–H and O–H groups in total. The number of oxime groups is 1. The highest BCUT2D eigenvalue weighted by molar-refractivity contribution is 6.01. The quantitative estimate of drug-likeness (QED) is 0.786. The SMILES string of the molecule is CCC(=O)N(Cc1ccc(F)cc1F)C[C@H]1CC(c2ccccc2)=NO1. The van der Waals surface area contributed by atoms with E-state index in [1.54, 1.807) is 6.92 Å². The third-order valence-corrected chi connectivity index (χ3v) is 4.30. The summed E-state index contributed by atoms with van der Waals surface area (Å²) in [5.74, 6) is -1.42. The third-order valence-electron chi connectivity index (χ3n) is 4.30. The highest BCUT2D eigenvalue weighted by Gasteiger charge is 2.26. The van der Waals surface area contributed by atoms with E-state index in [0.717, 1.165) is 17.3 Å². The van der Waals surface area contributed by atoms with Crippen LogP contribution in [0.4, 0.5) is 8.78 Å². The number of benzene rings is 2. The van der Waals surface area contributed by atoms with Crippen molar-refractivity contribution in [2.45, 2.75) is 32.4 Å². The monoisotopic (exact) mass is 358 g/mol. The molecule has 0 fully saturated rings. The number of rotatable bonds is 6. The maximum Gasteiger partial charge on any atom is 0.222 e. The van der Waals surface area contributed by atoms with Crippen molar-refractivity contribution in [2.75, 3.05) is 6.54 Å². The van der Waals surface area contributed by atoms with Crippen molar-refractivity contribution in [1.29, 1.82) is 0 Å². The second kappa shape index (κ2) is 8.08. The molecule has 136 valence electrons. The summed E-state index contributed by atoms with van der Waals surface area (Å²) < 4.78 is 27.0. The van der Waals surface area contributed by atoms with Crippen molar-refractivity contribution in [3.05, 3.63) is 71.3 Å². The summed E-state index contributed by atoms with van der Waals surface area (Å²) in [5.41, 5.74) is 2.08. The van der Waals surface area contributed by atoms with Gasteiger partial charge >= 0.3 is 0 Å². The summed E-state index contributed by atoms with van der Waals surface area (Å²) in [6, 6.07) is 13.1. The molecule has 0 radical (unpaired) electrons. The summed E-state index contributed by atoms with van der Waals surface area (Å²) in [5, 5.41) is 4.12. The fraction of sp³-hybridized carbons (Fsp3) is 0.300. The molecular formula is C20H20F2N2O2. The molecule has 0 saturated carbocycles. The van der Waals surface area contributed by atoms with Gasteiger partial charge in [0.15, 0.2) is 6.10 Å². The fourth-order valence-electron chi connectivity index (χ4n) is 2.91. The second-order valence-electron chi connectivity index (χ2n) is 6.20. The largest absolute Gasteiger partial charge is 0.390 e. The van der Waals surface area contributed by atoms with Crippen molar-refractivity contribution in [2.24, 2.45) is 5.16 Å². The number of carbonyl (C=O) groups excluding carboxylic acids is 1. The minimum atomic E-state index is -0.660. The highest BCUT2D eigenvalue weighted by atomic mass is 19.1. The Morgan fingerprint density at radius 1 is 1.23 bits per heavy atom. The molecular weight excluding hydrogens is 338 g/mol. The van der Waals surface area contributed by atoms with Gasteiger partial charge in [0.25, 0.3) is 0 Å². The molecule has 26 heavy (non-hydrogen) atoms. The minimum Gasteiger partial charge on any atom is -0.390 e. The number of amides is 1. The van der Waals surface area contributed by atoms with Crippen molar-refractivity contribution < 1.29 is 18.4 Å². The van der Waals surface area contributed by atoms with E-state index in [1.807, 2.05) is 30.3 Å². The van der Waals surface area contributed by atoms with Crippen LogP contribution < -0.4 is 0 Å². The van der Waals surface area contributed by atoms with Crippen LogP contribution in [-0.4, -0.2) is 29.2 Å². The van der Waals surface area contributed by atoms with Crippen LogP contribution in [0.1, 0.15) is 30.9 Å². The van der Waals surface area contributed by atoms with Crippen LogP contribution in [0.2, 0.25) is 0 Å². The Labute approximate surface area is 151 Å². The molecule has 0 bridgehead atoms. The zero-order valence-corrected chi connectivity index (χ0v) is 14.5. The van der Waals surface area contributed by atoms with E-state index in [2.05, 4.69) is 5.16 Å². The van der Waals surface area contributed by atoms with Gasteiger partial charge in [-0.2, -0.15) is 0 Å². The number of nitrogens with zero attached hydrogens (tertiary/aromatic N) is 2. The average molecular weight is 358 g/mol. The first-order chi connectivity index (χ1) is 12.6. The van der Waals surface area contributed by atoms with Crippen LogP contribution in [0, 0.1) is 11.6 Å². The Bertz CT molecular complexity index is 809. The van der Waals surface area contributed by atoms with Gasteiger partial charge in [0.2, 0.25) is 5.91 Å². The summed E-state index contributed by atoms with van der Waals surface area (Å²) in [4.78, 5) is 19.3. The zero-order valence-electron chi connectivity index (χ0n) is 14.5. The molecule has 1 aliphatic rings. The summed E-state index contributed by atoms with van der Waals surface area (Å²) in [7, 11) is 0. The lowest BCUT2D eigenvalue weighted by atomic mass is 10.0. The minimum absolute atomic E-state index is 0.0688. The number of carbonyl (C=O) groups is 1. The summed E-state index contributed by atoms with van der Waals surface area (Å²) >= 11 is 0. The Kier molecular flexibility index (Phi) is 5.61. The molecule has 0 aliphatic carbocycles. The van der Waals surface area contributed by atoms with Crippen molar-refractivity contribution in [1.82, 2.24) is 4.90 Å². The Morgan fingerprint density at radius 3 is 2.69 bits per heavy atom. The van der Waals surface area contributed by atoms with Crippen LogP contribution in [0.5, 0.6) is 0 Å². The van der Waals surface area contributed by atoms with E-state index in [-0.39, 0.29) is 24.1 Å². The topological polar surface area (TPSA) is 41.9 Å². The van der Waals surface area contributed by atoms with Crippen LogP contribution in [0.3, 0.4) is 0 Å². The van der Waals surface area contributed by atoms with E-state index in [4.69, 9.17) is 4.84 Å². The molecule has 0 unspecified atom stereocenters. The van der Waals surface area contributed by atoms with Gasteiger partial charge in [0.1, 0.15) is 11.6 Å². The Morgan fingerprint density at radius 2 is 2.00 bits per heavy atom. The van der Waals surface area contributed by atoms with Gasteiger partial charge in [-0.15, -0.1) is 0 Å². The molecule has 4 nitrogen and oxygen atoms in total. The normalized spacial score (nSPS) is 16.1. The number of halogens is 2. The van der Waals surface area contributed by atoms with Gasteiger partial charge in [-0.05, 0) is 11.6 Å². The van der Waals surface area contributed by atoms with E-state index in [1.165, 1.54) is 17.0 Å². The zero-order chi connectivity index (χ0) is 18.5. The maximum absolute atomic E-state index is 13.9. The molecule has 0 aromatic heterocycles. The lowest BCUT2D eigenvalue weighted by molar-refractivity contribution is -0.133. The van der Waals surface area contributed by atoms with Gasteiger partial charge in [-0.3, -0.25) is 4.79 Å². The van der Waals surface area contributed by atoms with Gasteiger partial charge in [-0.1, -0.05) is 48.5 Å². The first-order valence-electron chi connectivity index (χ1n) is 8.56. The van der Waals surface area contributed by atoms with Gasteiger partial charge in [-0.25, -0.2) is 8.78 Å².